The molecule has 0 atom stereocenters. The molecule has 0 bridgehead atoms. The maximum atomic E-state index is 12.4. The van der Waals surface area contributed by atoms with Crippen LogP contribution in [-0.4, -0.2) is 82.9 Å². The van der Waals surface area contributed by atoms with E-state index in [9.17, 15) is 9.59 Å². The van der Waals surface area contributed by atoms with Crippen LogP contribution in [0.25, 0.3) is 0 Å². The highest BCUT2D eigenvalue weighted by molar-refractivity contribution is 5.85. The average Bonchev–Trinajstić information content (AvgIpc) is 3.22. The largest absolute Gasteiger partial charge is 0.341 e. The van der Waals surface area contributed by atoms with Gasteiger partial charge in [-0.25, -0.2) is 4.98 Å². The minimum absolute atomic E-state index is 0.0876. The van der Waals surface area contributed by atoms with Crippen LogP contribution in [-0.2, 0) is 16.1 Å². The fraction of sp³-hybridized carbons (Fsp3) is 0.722. The first-order valence-electron chi connectivity index (χ1n) is 9.26. The van der Waals surface area contributed by atoms with Crippen LogP contribution in [0.4, 0.5) is 0 Å². The van der Waals surface area contributed by atoms with Crippen LogP contribution in [0, 0.1) is 0 Å². The van der Waals surface area contributed by atoms with Crippen molar-refractivity contribution in [3.05, 3.63) is 18.2 Å². The highest BCUT2D eigenvalue weighted by Gasteiger charge is 2.29. The van der Waals surface area contributed by atoms with Crippen LogP contribution in [0.3, 0.4) is 0 Å². The highest BCUT2D eigenvalue weighted by Crippen LogP contribution is 2.27. The van der Waals surface area contributed by atoms with Gasteiger partial charge in [-0.2, -0.15) is 0 Å². The number of rotatable bonds is 6. The molecule has 0 saturated carbocycles. The number of piperidine rings is 1. The van der Waals surface area contributed by atoms with Crippen LogP contribution in [0.2, 0.25) is 0 Å². The number of amides is 2. The minimum Gasteiger partial charge on any atom is -0.341 e. The summed E-state index contributed by atoms with van der Waals surface area (Å²) in [6.45, 7) is 4.42. The van der Waals surface area contributed by atoms with Crippen LogP contribution in [0.5, 0.6) is 0 Å². The van der Waals surface area contributed by atoms with Crippen LogP contribution >= 0.6 is 0 Å². The monoisotopic (exact) mass is 347 g/mol. The summed E-state index contributed by atoms with van der Waals surface area (Å²) in [5.74, 6) is 1.76. The molecule has 138 valence electrons. The molecule has 2 aliphatic rings. The fourth-order valence-corrected chi connectivity index (χ4v) is 3.70. The number of aromatic nitrogens is 2. The van der Waals surface area contributed by atoms with Crippen LogP contribution < -0.4 is 0 Å². The molecular weight excluding hydrogens is 318 g/mol. The Balaban J connectivity index is 1.51. The van der Waals surface area contributed by atoms with Gasteiger partial charge in [0.2, 0.25) is 11.8 Å². The zero-order valence-corrected chi connectivity index (χ0v) is 15.4. The van der Waals surface area contributed by atoms with Crippen molar-refractivity contribution >= 4 is 11.8 Å². The number of likely N-dealkylation sites (N-methyl/N-ethyl adjacent to an activating group) is 1. The van der Waals surface area contributed by atoms with E-state index in [1.54, 1.807) is 4.90 Å². The lowest BCUT2D eigenvalue weighted by molar-refractivity contribution is -0.139. The summed E-state index contributed by atoms with van der Waals surface area (Å²) < 4.78 is 2.24. The molecule has 3 heterocycles. The van der Waals surface area contributed by atoms with Crippen LogP contribution in [0.1, 0.15) is 37.4 Å². The minimum atomic E-state index is 0.0876. The first-order chi connectivity index (χ1) is 12.0. The predicted octanol–water partition coefficient (Wildman–Crippen LogP) is 0.773. The van der Waals surface area contributed by atoms with E-state index in [1.807, 2.05) is 11.1 Å². The van der Waals surface area contributed by atoms with Crippen LogP contribution in [0.15, 0.2) is 12.4 Å². The van der Waals surface area contributed by atoms with E-state index >= 15 is 0 Å². The second-order valence-corrected chi connectivity index (χ2v) is 7.36. The van der Waals surface area contributed by atoms with Gasteiger partial charge in [-0.05, 0) is 33.4 Å². The number of carbonyl (C=O) groups is 2. The van der Waals surface area contributed by atoms with Gasteiger partial charge >= 0.3 is 0 Å². The van der Waals surface area contributed by atoms with Gasteiger partial charge in [0.15, 0.2) is 0 Å². The third kappa shape index (κ3) is 4.39. The molecule has 0 N–H and O–H groups in total. The maximum Gasteiger partial charge on any atom is 0.242 e. The smallest absolute Gasteiger partial charge is 0.242 e. The normalized spacial score (nSPS) is 19.2. The molecule has 0 aromatic carbocycles. The number of hydrogen-bond donors (Lipinski definition) is 0. The molecule has 7 nitrogen and oxygen atoms in total. The molecule has 25 heavy (non-hydrogen) atoms. The topological polar surface area (TPSA) is 61.7 Å². The van der Waals surface area contributed by atoms with E-state index < -0.39 is 0 Å². The first kappa shape index (κ1) is 17.9. The first-order valence-corrected chi connectivity index (χ1v) is 9.26. The highest BCUT2D eigenvalue weighted by atomic mass is 16.2. The molecule has 0 radical (unpaired) electrons. The van der Waals surface area contributed by atoms with Crippen molar-refractivity contribution in [2.24, 2.45) is 0 Å². The molecule has 2 fully saturated rings. The van der Waals surface area contributed by atoms with E-state index in [0.29, 0.717) is 12.3 Å². The van der Waals surface area contributed by atoms with Crippen molar-refractivity contribution in [1.82, 2.24) is 24.3 Å². The number of imidazole rings is 1. The molecule has 2 aliphatic heterocycles. The lowest BCUT2D eigenvalue weighted by Crippen LogP contribution is -2.44. The van der Waals surface area contributed by atoms with E-state index in [4.69, 9.17) is 0 Å². The van der Waals surface area contributed by atoms with Crippen molar-refractivity contribution < 1.29 is 9.59 Å². The van der Waals surface area contributed by atoms with E-state index in [0.717, 1.165) is 57.8 Å². The Bertz CT molecular complexity index is 604. The molecule has 0 unspecified atom stereocenters. The summed E-state index contributed by atoms with van der Waals surface area (Å²) in [7, 11) is 4.15. The maximum absolute atomic E-state index is 12.4. The van der Waals surface area contributed by atoms with Gasteiger partial charge in [0.1, 0.15) is 5.82 Å². The Kier molecular flexibility index (Phi) is 5.73. The second kappa shape index (κ2) is 7.99. The van der Waals surface area contributed by atoms with Gasteiger partial charge in [-0.15, -0.1) is 0 Å². The molecule has 2 amide bonds. The molecular formula is C18H29N5O2. The van der Waals surface area contributed by atoms with E-state index in [-0.39, 0.29) is 18.4 Å². The molecule has 0 spiro atoms. The molecule has 2 saturated heterocycles. The Morgan fingerprint density at radius 2 is 2.04 bits per heavy atom. The van der Waals surface area contributed by atoms with Crippen molar-refractivity contribution in [3.8, 4) is 0 Å². The summed E-state index contributed by atoms with van der Waals surface area (Å²) in [6.07, 6.45) is 7.28. The van der Waals surface area contributed by atoms with E-state index in [1.165, 1.54) is 0 Å². The number of likely N-dealkylation sites (tertiary alicyclic amines) is 2. The van der Waals surface area contributed by atoms with Crippen molar-refractivity contribution in [1.29, 1.82) is 0 Å². The van der Waals surface area contributed by atoms with Crippen molar-refractivity contribution in [3.63, 3.8) is 0 Å². The molecule has 7 heteroatoms. The predicted molar refractivity (Wildman–Crippen MR) is 95.2 cm³/mol. The van der Waals surface area contributed by atoms with E-state index in [2.05, 4.69) is 34.7 Å². The quantitative estimate of drug-likeness (QED) is 0.763. The van der Waals surface area contributed by atoms with Gasteiger partial charge in [-0.3, -0.25) is 9.59 Å². The lowest BCUT2D eigenvalue weighted by Gasteiger charge is -2.33. The molecule has 1 aromatic heterocycles. The van der Waals surface area contributed by atoms with Gasteiger partial charge < -0.3 is 19.3 Å². The molecule has 0 aliphatic carbocycles. The molecule has 3 rings (SSSR count). The standard InChI is InChI=1S/C18H29N5O2/c1-20(2)12-13-22-11-7-19-18(22)15-5-9-21(10-6-15)17(25)14-23-8-3-4-16(23)24/h7,11,15H,3-6,8-10,12-14H2,1-2H3. The average molecular weight is 347 g/mol. The zero-order chi connectivity index (χ0) is 17.8. The van der Waals surface area contributed by atoms with Crippen molar-refractivity contribution in [2.75, 3.05) is 46.8 Å². The molecule has 1 aromatic rings. The Labute approximate surface area is 149 Å². The lowest BCUT2D eigenvalue weighted by atomic mass is 9.95. The second-order valence-electron chi connectivity index (χ2n) is 7.36. The number of hydrogen-bond acceptors (Lipinski definition) is 4. The summed E-state index contributed by atoms with van der Waals surface area (Å²) in [4.78, 5) is 34.5. The van der Waals surface area contributed by atoms with Gasteiger partial charge in [0.05, 0.1) is 6.54 Å². The number of carbonyl (C=O) groups excluding carboxylic acids is 2. The Hall–Kier alpha value is -1.89. The Morgan fingerprint density at radius 3 is 2.68 bits per heavy atom. The third-order valence-corrected chi connectivity index (χ3v) is 5.25. The summed E-state index contributed by atoms with van der Waals surface area (Å²) in [5, 5.41) is 0. The van der Waals surface area contributed by atoms with Gasteiger partial charge in [-0.1, -0.05) is 0 Å². The fourth-order valence-electron chi connectivity index (χ4n) is 3.70. The number of nitrogens with zero attached hydrogens (tertiary/aromatic N) is 5. The zero-order valence-electron chi connectivity index (χ0n) is 15.4. The summed E-state index contributed by atoms with van der Waals surface area (Å²) in [6, 6.07) is 0. The third-order valence-electron chi connectivity index (χ3n) is 5.25. The Morgan fingerprint density at radius 1 is 1.28 bits per heavy atom. The summed E-state index contributed by atoms with van der Waals surface area (Å²) in [5.41, 5.74) is 0. The summed E-state index contributed by atoms with van der Waals surface area (Å²) >= 11 is 0. The van der Waals surface area contributed by atoms with Gasteiger partial charge in [0, 0.05) is 57.5 Å². The van der Waals surface area contributed by atoms with Gasteiger partial charge in [0.25, 0.3) is 0 Å². The van der Waals surface area contributed by atoms with Crippen molar-refractivity contribution in [2.45, 2.75) is 38.1 Å². The SMILES string of the molecule is CN(C)CCn1ccnc1C1CCN(C(=O)CN2CCCC2=O)CC1.